The van der Waals surface area contributed by atoms with Gasteiger partial charge in [-0.2, -0.15) is 0 Å². The summed E-state index contributed by atoms with van der Waals surface area (Å²) in [4.78, 5) is 12.2. The summed E-state index contributed by atoms with van der Waals surface area (Å²) in [7, 11) is -1.77. The lowest BCUT2D eigenvalue weighted by Crippen LogP contribution is -2.53. The van der Waals surface area contributed by atoms with E-state index in [2.05, 4.69) is 60.7 Å². The Hall–Kier alpha value is -0.673. The molecule has 3 heteroatoms. The molecule has 0 aromatic heterocycles. The van der Waals surface area contributed by atoms with Crippen LogP contribution in [0.3, 0.4) is 0 Å². The van der Waals surface area contributed by atoms with Crippen LogP contribution in [0.5, 0.6) is 0 Å². The Bertz CT molecular complexity index is 785. The van der Waals surface area contributed by atoms with Gasteiger partial charge in [-0.15, -0.1) is 0 Å². The molecule has 2 fully saturated rings. The number of hydrogen-bond acceptors (Lipinski definition) is 2. The summed E-state index contributed by atoms with van der Waals surface area (Å²) in [6, 6.07) is 0. The number of hydrogen-bond donors (Lipinski definition) is 0. The average Bonchev–Trinajstić information content (AvgIpc) is 2.97. The third kappa shape index (κ3) is 3.25. The largest absolute Gasteiger partial charge is 0.413 e. The molecule has 4 aliphatic rings. The van der Waals surface area contributed by atoms with Gasteiger partial charge in [-0.05, 0) is 96.9 Å². The number of carbonyl (C=O) groups excluding carboxylic acids is 1. The van der Waals surface area contributed by atoms with Gasteiger partial charge in [-0.3, -0.25) is 4.79 Å². The van der Waals surface area contributed by atoms with Crippen molar-refractivity contribution in [3.8, 4) is 0 Å². The standard InChI is InChI=1S/C27H44O2Si/c1-9-18-16-19-17-20(28)12-14-26(19,5)22-13-15-27(6)21(24(18)22)10-11-23(27)29-30(7,8)25(2,3)4/h16-17,21-24H,9-15H2,1-8H3/t21-,22-,23-,24-,26-,27-/m0/s1. The lowest BCUT2D eigenvalue weighted by molar-refractivity contribution is -0.116. The van der Waals surface area contributed by atoms with Gasteiger partial charge in [0, 0.05) is 6.42 Å². The number of fused-ring (bicyclic) bond motifs is 5. The lowest BCUT2D eigenvalue weighted by atomic mass is 9.47. The maximum absolute atomic E-state index is 12.2. The van der Waals surface area contributed by atoms with E-state index >= 15 is 0 Å². The monoisotopic (exact) mass is 428 g/mol. The fourth-order valence-corrected chi connectivity index (χ4v) is 8.68. The minimum Gasteiger partial charge on any atom is -0.413 e. The fraction of sp³-hybridized carbons (Fsp3) is 0.815. The van der Waals surface area contributed by atoms with E-state index in [0.717, 1.165) is 25.2 Å². The van der Waals surface area contributed by atoms with Crippen molar-refractivity contribution in [3.63, 3.8) is 0 Å². The van der Waals surface area contributed by atoms with Gasteiger partial charge in [0.25, 0.3) is 0 Å². The molecule has 0 aliphatic heterocycles. The van der Waals surface area contributed by atoms with E-state index in [1.165, 1.54) is 31.3 Å². The quantitative estimate of drug-likeness (QED) is 0.436. The molecular weight excluding hydrogens is 384 g/mol. The van der Waals surface area contributed by atoms with Gasteiger partial charge in [-0.25, -0.2) is 0 Å². The Balaban J connectivity index is 1.69. The fourth-order valence-electron chi connectivity index (χ4n) is 7.23. The Morgan fingerprint density at radius 3 is 2.40 bits per heavy atom. The van der Waals surface area contributed by atoms with E-state index in [1.54, 1.807) is 5.57 Å². The molecule has 0 bridgehead atoms. The highest BCUT2D eigenvalue weighted by molar-refractivity contribution is 6.74. The van der Waals surface area contributed by atoms with Crippen LogP contribution in [0.4, 0.5) is 0 Å². The second-order valence-electron chi connectivity index (χ2n) is 12.8. The summed E-state index contributed by atoms with van der Waals surface area (Å²) >= 11 is 0. The van der Waals surface area contributed by atoms with Crippen LogP contribution in [0, 0.1) is 28.6 Å². The van der Waals surface area contributed by atoms with E-state index < -0.39 is 8.32 Å². The normalized spacial score (nSPS) is 41.5. The Morgan fingerprint density at radius 1 is 1.07 bits per heavy atom. The molecule has 0 spiro atoms. The predicted molar refractivity (Wildman–Crippen MR) is 128 cm³/mol. The third-order valence-electron chi connectivity index (χ3n) is 10.3. The molecule has 0 saturated heterocycles. The van der Waals surface area contributed by atoms with Crippen molar-refractivity contribution in [1.82, 2.24) is 0 Å². The first-order valence-corrected chi connectivity index (χ1v) is 15.4. The summed E-state index contributed by atoms with van der Waals surface area (Å²) in [5.41, 5.74) is 3.44. The highest BCUT2D eigenvalue weighted by Gasteiger charge is 2.60. The van der Waals surface area contributed by atoms with Gasteiger partial charge in [0.15, 0.2) is 14.1 Å². The van der Waals surface area contributed by atoms with Gasteiger partial charge >= 0.3 is 0 Å². The number of ketones is 1. The first-order valence-electron chi connectivity index (χ1n) is 12.5. The Labute approximate surface area is 186 Å². The van der Waals surface area contributed by atoms with Crippen LogP contribution >= 0.6 is 0 Å². The molecule has 0 N–H and O–H groups in total. The number of carbonyl (C=O) groups is 1. The van der Waals surface area contributed by atoms with Crippen LogP contribution in [-0.2, 0) is 9.22 Å². The molecule has 2 saturated carbocycles. The van der Waals surface area contributed by atoms with Crippen molar-refractivity contribution < 1.29 is 9.22 Å². The molecule has 2 nitrogen and oxygen atoms in total. The average molecular weight is 429 g/mol. The molecule has 30 heavy (non-hydrogen) atoms. The van der Waals surface area contributed by atoms with Crippen LogP contribution in [-0.4, -0.2) is 20.2 Å². The summed E-state index contributed by atoms with van der Waals surface area (Å²) in [5.74, 6) is 2.43. The number of allylic oxidation sites excluding steroid dienone is 4. The molecule has 168 valence electrons. The summed E-state index contributed by atoms with van der Waals surface area (Å²) in [6.07, 6.45) is 12.8. The smallest absolute Gasteiger partial charge is 0.192 e. The molecule has 0 aromatic carbocycles. The van der Waals surface area contributed by atoms with E-state index in [4.69, 9.17) is 4.43 Å². The molecule has 0 radical (unpaired) electrons. The van der Waals surface area contributed by atoms with Gasteiger partial charge in [0.2, 0.25) is 0 Å². The zero-order chi connectivity index (χ0) is 22.1. The van der Waals surface area contributed by atoms with Gasteiger partial charge in [0.05, 0.1) is 6.10 Å². The predicted octanol–water partition coefficient (Wildman–Crippen LogP) is 7.46. The van der Waals surface area contributed by atoms with Crippen LogP contribution in [0.2, 0.25) is 18.1 Å². The van der Waals surface area contributed by atoms with Crippen LogP contribution in [0.1, 0.15) is 86.5 Å². The van der Waals surface area contributed by atoms with Crippen molar-refractivity contribution in [3.05, 3.63) is 23.3 Å². The van der Waals surface area contributed by atoms with E-state index in [9.17, 15) is 4.79 Å². The van der Waals surface area contributed by atoms with Gasteiger partial charge < -0.3 is 4.43 Å². The first kappa shape index (κ1) is 22.5. The molecule has 0 unspecified atom stereocenters. The van der Waals surface area contributed by atoms with Crippen LogP contribution in [0.25, 0.3) is 0 Å². The molecule has 4 aliphatic carbocycles. The zero-order valence-corrected chi connectivity index (χ0v) is 21.7. The third-order valence-corrected chi connectivity index (χ3v) is 14.8. The minimum atomic E-state index is -1.77. The van der Waals surface area contributed by atoms with Crippen molar-refractivity contribution in [2.45, 2.75) is 111 Å². The SMILES string of the molecule is CCC1=CC2=CC(=O)CC[C@]2(C)[C@H]2CC[C@]3(C)[C@@H](O[Si](C)(C)C(C)(C)C)CC[C@H]3[C@H]12. The topological polar surface area (TPSA) is 26.3 Å². The van der Waals surface area contributed by atoms with Gasteiger partial charge in [0.1, 0.15) is 0 Å². The molecular formula is C27H44O2Si. The van der Waals surface area contributed by atoms with E-state index in [1.807, 2.05) is 6.08 Å². The van der Waals surface area contributed by atoms with Crippen molar-refractivity contribution in [2.75, 3.05) is 0 Å². The van der Waals surface area contributed by atoms with E-state index in [0.29, 0.717) is 29.1 Å². The minimum absolute atomic E-state index is 0.191. The first-order chi connectivity index (χ1) is 13.8. The highest BCUT2D eigenvalue weighted by atomic mass is 28.4. The van der Waals surface area contributed by atoms with Crippen molar-refractivity contribution >= 4 is 14.1 Å². The number of rotatable bonds is 3. The molecule has 4 rings (SSSR count). The van der Waals surface area contributed by atoms with Crippen LogP contribution in [0.15, 0.2) is 23.3 Å². The second kappa shape index (κ2) is 7.17. The Kier molecular flexibility index (Phi) is 5.38. The van der Waals surface area contributed by atoms with Crippen molar-refractivity contribution in [2.24, 2.45) is 28.6 Å². The lowest BCUT2D eigenvalue weighted by Gasteiger charge is -2.58. The van der Waals surface area contributed by atoms with Gasteiger partial charge in [-0.1, -0.05) is 53.2 Å². The van der Waals surface area contributed by atoms with Crippen LogP contribution < -0.4 is 0 Å². The maximum Gasteiger partial charge on any atom is 0.192 e. The highest BCUT2D eigenvalue weighted by Crippen LogP contribution is 2.66. The van der Waals surface area contributed by atoms with Crippen molar-refractivity contribution in [1.29, 1.82) is 0 Å². The molecule has 6 atom stereocenters. The maximum atomic E-state index is 12.2. The zero-order valence-electron chi connectivity index (χ0n) is 20.7. The van der Waals surface area contributed by atoms with E-state index in [-0.39, 0.29) is 10.5 Å². The molecule has 0 amide bonds. The summed E-state index contributed by atoms with van der Waals surface area (Å²) in [6.45, 7) is 19.3. The second-order valence-corrected chi connectivity index (χ2v) is 17.5. The molecule has 0 heterocycles. The summed E-state index contributed by atoms with van der Waals surface area (Å²) in [5, 5.41) is 0.264. The molecule has 0 aromatic rings. The summed E-state index contributed by atoms with van der Waals surface area (Å²) < 4.78 is 7.09. The Morgan fingerprint density at radius 2 is 1.77 bits per heavy atom.